The number of amides is 1. The summed E-state index contributed by atoms with van der Waals surface area (Å²) < 4.78 is 0. The maximum atomic E-state index is 11.9. The number of hydrogen-bond donors (Lipinski definition) is 2. The predicted octanol–water partition coefficient (Wildman–Crippen LogP) is 2.87. The molecule has 0 aliphatic carbocycles. The molecule has 18 heavy (non-hydrogen) atoms. The van der Waals surface area contributed by atoms with E-state index in [0.717, 1.165) is 6.42 Å². The van der Waals surface area contributed by atoms with Crippen LogP contribution < -0.4 is 11.1 Å². The van der Waals surface area contributed by atoms with Gasteiger partial charge in [0.15, 0.2) is 0 Å². The van der Waals surface area contributed by atoms with Gasteiger partial charge >= 0.3 is 0 Å². The second-order valence-electron chi connectivity index (χ2n) is 4.55. The van der Waals surface area contributed by atoms with E-state index in [4.69, 9.17) is 17.3 Å². The Balaban J connectivity index is 0.00000289. The van der Waals surface area contributed by atoms with E-state index >= 15 is 0 Å². The molecule has 0 aliphatic rings. The molecule has 1 unspecified atom stereocenters. The third-order valence-electron chi connectivity index (χ3n) is 2.46. The van der Waals surface area contributed by atoms with Crippen molar-refractivity contribution in [3.05, 3.63) is 34.9 Å². The molecule has 0 bridgehead atoms. The number of nitrogens with two attached hydrogens (primary N) is 1. The van der Waals surface area contributed by atoms with Gasteiger partial charge in [0.25, 0.3) is 5.91 Å². The van der Waals surface area contributed by atoms with Crippen LogP contribution in [-0.2, 0) is 0 Å². The maximum absolute atomic E-state index is 11.9. The van der Waals surface area contributed by atoms with Gasteiger partial charge in [0.1, 0.15) is 0 Å². The Kier molecular flexibility index (Phi) is 8.00. The predicted molar refractivity (Wildman–Crippen MR) is 78.5 cm³/mol. The van der Waals surface area contributed by atoms with Crippen molar-refractivity contribution in [2.45, 2.75) is 26.3 Å². The SMILES string of the molecule is CC(C)CC(CN)NC(=O)c1cccc(Cl)c1.Cl. The molecule has 3 nitrogen and oxygen atoms in total. The largest absolute Gasteiger partial charge is 0.348 e. The van der Waals surface area contributed by atoms with Crippen molar-refractivity contribution >= 4 is 29.9 Å². The first kappa shape index (κ1) is 17.2. The van der Waals surface area contributed by atoms with Gasteiger partial charge in [0, 0.05) is 23.2 Å². The first-order valence-electron chi connectivity index (χ1n) is 5.79. The van der Waals surface area contributed by atoms with E-state index in [9.17, 15) is 4.79 Å². The Morgan fingerprint density at radius 1 is 1.44 bits per heavy atom. The summed E-state index contributed by atoms with van der Waals surface area (Å²) in [4.78, 5) is 11.9. The van der Waals surface area contributed by atoms with E-state index in [1.807, 2.05) is 0 Å². The Labute approximate surface area is 119 Å². The molecule has 0 spiro atoms. The molecular formula is C13H20Cl2N2O. The van der Waals surface area contributed by atoms with Gasteiger partial charge in [-0.15, -0.1) is 12.4 Å². The minimum absolute atomic E-state index is 0. The minimum atomic E-state index is -0.122. The molecule has 1 rings (SSSR count). The maximum Gasteiger partial charge on any atom is 0.251 e. The molecule has 0 saturated carbocycles. The molecule has 0 saturated heterocycles. The number of nitrogens with one attached hydrogen (secondary N) is 1. The molecule has 0 radical (unpaired) electrons. The molecule has 5 heteroatoms. The molecule has 3 N–H and O–H groups in total. The zero-order valence-corrected chi connectivity index (χ0v) is 12.2. The summed E-state index contributed by atoms with van der Waals surface area (Å²) in [6.45, 7) is 4.66. The first-order valence-corrected chi connectivity index (χ1v) is 6.17. The number of benzene rings is 1. The highest BCUT2D eigenvalue weighted by molar-refractivity contribution is 6.30. The Morgan fingerprint density at radius 3 is 2.61 bits per heavy atom. The highest BCUT2D eigenvalue weighted by atomic mass is 35.5. The van der Waals surface area contributed by atoms with Crippen molar-refractivity contribution in [3.8, 4) is 0 Å². The molecule has 1 amide bonds. The van der Waals surface area contributed by atoms with Crippen molar-refractivity contribution in [2.24, 2.45) is 11.7 Å². The summed E-state index contributed by atoms with van der Waals surface area (Å²) in [5, 5.41) is 3.48. The van der Waals surface area contributed by atoms with Crippen LogP contribution >= 0.6 is 24.0 Å². The van der Waals surface area contributed by atoms with Gasteiger partial charge in [-0.25, -0.2) is 0 Å². The van der Waals surface area contributed by atoms with E-state index in [1.54, 1.807) is 24.3 Å². The zero-order chi connectivity index (χ0) is 12.8. The number of halogens is 2. The van der Waals surface area contributed by atoms with Crippen LogP contribution in [-0.4, -0.2) is 18.5 Å². The molecular weight excluding hydrogens is 271 g/mol. The fraction of sp³-hybridized carbons (Fsp3) is 0.462. The number of carbonyl (C=O) groups is 1. The second kappa shape index (κ2) is 8.35. The Hall–Kier alpha value is -0.770. The van der Waals surface area contributed by atoms with Gasteiger partial charge in [0.2, 0.25) is 0 Å². The standard InChI is InChI=1S/C13H19ClN2O.ClH/c1-9(2)6-12(8-15)16-13(17)10-4-3-5-11(14)7-10;/h3-5,7,9,12H,6,8,15H2,1-2H3,(H,16,17);1H. The summed E-state index contributed by atoms with van der Waals surface area (Å²) in [6.07, 6.45) is 0.878. The third-order valence-corrected chi connectivity index (χ3v) is 2.70. The Morgan fingerprint density at radius 2 is 2.11 bits per heavy atom. The van der Waals surface area contributed by atoms with Crippen molar-refractivity contribution < 1.29 is 4.79 Å². The smallest absolute Gasteiger partial charge is 0.251 e. The fourth-order valence-electron chi connectivity index (χ4n) is 1.68. The van der Waals surface area contributed by atoms with E-state index in [1.165, 1.54) is 0 Å². The van der Waals surface area contributed by atoms with Crippen molar-refractivity contribution in [1.29, 1.82) is 0 Å². The Bertz CT molecular complexity index is 383. The minimum Gasteiger partial charge on any atom is -0.348 e. The lowest BCUT2D eigenvalue weighted by molar-refractivity contribution is 0.0934. The first-order chi connectivity index (χ1) is 8.02. The molecule has 0 heterocycles. The van der Waals surface area contributed by atoms with Crippen LogP contribution in [0.3, 0.4) is 0 Å². The molecule has 0 aromatic heterocycles. The molecule has 0 fully saturated rings. The van der Waals surface area contributed by atoms with E-state index in [-0.39, 0.29) is 24.4 Å². The van der Waals surface area contributed by atoms with Gasteiger partial charge < -0.3 is 11.1 Å². The number of rotatable bonds is 5. The van der Waals surface area contributed by atoms with Gasteiger partial charge in [0.05, 0.1) is 0 Å². The highest BCUT2D eigenvalue weighted by Gasteiger charge is 2.13. The van der Waals surface area contributed by atoms with Crippen molar-refractivity contribution in [2.75, 3.05) is 6.54 Å². The van der Waals surface area contributed by atoms with Crippen LogP contribution in [0, 0.1) is 5.92 Å². The summed E-state index contributed by atoms with van der Waals surface area (Å²) in [5.41, 5.74) is 6.21. The van der Waals surface area contributed by atoms with Gasteiger partial charge in [-0.1, -0.05) is 31.5 Å². The van der Waals surface area contributed by atoms with Crippen LogP contribution in [0.4, 0.5) is 0 Å². The summed E-state index contributed by atoms with van der Waals surface area (Å²) >= 11 is 5.84. The van der Waals surface area contributed by atoms with Crippen LogP contribution in [0.25, 0.3) is 0 Å². The van der Waals surface area contributed by atoms with E-state index < -0.39 is 0 Å². The van der Waals surface area contributed by atoms with Crippen LogP contribution in [0.2, 0.25) is 5.02 Å². The number of hydrogen-bond acceptors (Lipinski definition) is 2. The molecule has 1 atom stereocenters. The lowest BCUT2D eigenvalue weighted by atomic mass is 10.0. The topological polar surface area (TPSA) is 55.1 Å². The summed E-state index contributed by atoms with van der Waals surface area (Å²) in [5.74, 6) is 0.381. The average Bonchev–Trinajstić information content (AvgIpc) is 2.27. The summed E-state index contributed by atoms with van der Waals surface area (Å²) in [6, 6.07) is 6.91. The lowest BCUT2D eigenvalue weighted by Gasteiger charge is -2.18. The highest BCUT2D eigenvalue weighted by Crippen LogP contribution is 2.11. The van der Waals surface area contributed by atoms with E-state index in [0.29, 0.717) is 23.0 Å². The van der Waals surface area contributed by atoms with Gasteiger partial charge in [-0.05, 0) is 30.5 Å². The van der Waals surface area contributed by atoms with Crippen molar-refractivity contribution in [1.82, 2.24) is 5.32 Å². The average molecular weight is 291 g/mol. The quantitative estimate of drug-likeness (QED) is 0.876. The third kappa shape index (κ3) is 5.71. The molecule has 0 aliphatic heterocycles. The van der Waals surface area contributed by atoms with Crippen molar-refractivity contribution in [3.63, 3.8) is 0 Å². The second-order valence-corrected chi connectivity index (χ2v) is 4.98. The lowest BCUT2D eigenvalue weighted by Crippen LogP contribution is -2.41. The van der Waals surface area contributed by atoms with E-state index in [2.05, 4.69) is 19.2 Å². The zero-order valence-electron chi connectivity index (χ0n) is 10.7. The van der Waals surface area contributed by atoms with Gasteiger partial charge in [-0.3, -0.25) is 4.79 Å². The normalized spacial score (nSPS) is 11.8. The fourth-order valence-corrected chi connectivity index (χ4v) is 1.87. The molecule has 1 aromatic rings. The molecule has 1 aromatic carbocycles. The number of carbonyl (C=O) groups excluding carboxylic acids is 1. The monoisotopic (exact) mass is 290 g/mol. The van der Waals surface area contributed by atoms with Gasteiger partial charge in [-0.2, -0.15) is 0 Å². The van der Waals surface area contributed by atoms with Crippen LogP contribution in [0.5, 0.6) is 0 Å². The summed E-state index contributed by atoms with van der Waals surface area (Å²) in [7, 11) is 0. The molecule has 102 valence electrons. The van der Waals surface area contributed by atoms with Crippen LogP contribution in [0.1, 0.15) is 30.6 Å². The van der Waals surface area contributed by atoms with Crippen LogP contribution in [0.15, 0.2) is 24.3 Å².